The van der Waals surface area contributed by atoms with Gasteiger partial charge in [-0.2, -0.15) is 0 Å². The van der Waals surface area contributed by atoms with Crippen molar-refractivity contribution in [2.75, 3.05) is 31.6 Å². The van der Waals surface area contributed by atoms with Gasteiger partial charge in [0.1, 0.15) is 5.82 Å². The lowest BCUT2D eigenvalue weighted by molar-refractivity contribution is 0.100. The number of halogens is 1. The third-order valence-corrected chi connectivity index (χ3v) is 5.02. The summed E-state index contributed by atoms with van der Waals surface area (Å²) in [4.78, 5) is 16.5. The highest BCUT2D eigenvalue weighted by Crippen LogP contribution is 2.33. The molecule has 2 aliphatic rings. The average molecular weight is 290 g/mol. The van der Waals surface area contributed by atoms with Gasteiger partial charge < -0.3 is 9.80 Å². The molecule has 2 unspecified atom stereocenters. The SMILES string of the molecule is CC(=O)c1cc(F)ccc1N1CCC2C(CCCN2C)C1. The van der Waals surface area contributed by atoms with Crippen LogP contribution in [0.2, 0.25) is 0 Å². The van der Waals surface area contributed by atoms with Crippen LogP contribution in [-0.2, 0) is 0 Å². The van der Waals surface area contributed by atoms with Gasteiger partial charge in [0.05, 0.1) is 0 Å². The van der Waals surface area contributed by atoms with Gasteiger partial charge >= 0.3 is 0 Å². The molecule has 0 saturated carbocycles. The molecule has 114 valence electrons. The maximum Gasteiger partial charge on any atom is 0.161 e. The molecule has 2 fully saturated rings. The van der Waals surface area contributed by atoms with E-state index in [1.165, 1.54) is 38.4 Å². The molecular formula is C17H23FN2O. The minimum Gasteiger partial charge on any atom is -0.371 e. The molecule has 3 rings (SSSR count). The predicted octanol–water partition coefficient (Wildman–Crippen LogP) is 2.95. The Morgan fingerprint density at radius 2 is 2.10 bits per heavy atom. The normalized spacial score (nSPS) is 26.5. The number of hydrogen-bond donors (Lipinski definition) is 0. The van der Waals surface area contributed by atoms with Crippen LogP contribution in [-0.4, -0.2) is 43.4 Å². The Hall–Kier alpha value is -1.42. The van der Waals surface area contributed by atoms with Crippen molar-refractivity contribution in [1.29, 1.82) is 0 Å². The van der Waals surface area contributed by atoms with E-state index in [9.17, 15) is 9.18 Å². The topological polar surface area (TPSA) is 23.6 Å². The van der Waals surface area contributed by atoms with Crippen molar-refractivity contribution in [2.24, 2.45) is 5.92 Å². The highest BCUT2D eigenvalue weighted by Gasteiger charge is 2.34. The molecule has 0 spiro atoms. The first-order valence-electron chi connectivity index (χ1n) is 7.82. The Balaban J connectivity index is 1.84. The Bertz CT molecular complexity index is 546. The largest absolute Gasteiger partial charge is 0.371 e. The number of hydrogen-bond acceptors (Lipinski definition) is 3. The Morgan fingerprint density at radius 3 is 2.86 bits per heavy atom. The minimum atomic E-state index is -0.337. The molecule has 0 radical (unpaired) electrons. The third-order valence-electron chi connectivity index (χ3n) is 5.02. The molecule has 0 aromatic heterocycles. The van der Waals surface area contributed by atoms with Crippen LogP contribution in [0.15, 0.2) is 18.2 Å². The molecule has 2 aliphatic heterocycles. The average Bonchev–Trinajstić information content (AvgIpc) is 2.47. The van der Waals surface area contributed by atoms with E-state index < -0.39 is 0 Å². The molecule has 2 atom stereocenters. The number of Topliss-reactive ketones (excluding diaryl/α,β-unsaturated/α-hetero) is 1. The number of rotatable bonds is 2. The molecule has 0 bridgehead atoms. The van der Waals surface area contributed by atoms with Crippen molar-refractivity contribution in [1.82, 2.24) is 4.90 Å². The van der Waals surface area contributed by atoms with E-state index in [1.807, 2.05) is 0 Å². The molecule has 4 heteroatoms. The van der Waals surface area contributed by atoms with Crippen LogP contribution in [0, 0.1) is 11.7 Å². The molecule has 1 aromatic rings. The first-order chi connectivity index (χ1) is 10.1. The van der Waals surface area contributed by atoms with E-state index in [0.717, 1.165) is 25.2 Å². The zero-order valence-corrected chi connectivity index (χ0v) is 12.8. The smallest absolute Gasteiger partial charge is 0.161 e. The summed E-state index contributed by atoms with van der Waals surface area (Å²) >= 11 is 0. The van der Waals surface area contributed by atoms with Crippen molar-refractivity contribution in [3.05, 3.63) is 29.6 Å². The van der Waals surface area contributed by atoms with Gasteiger partial charge in [-0.15, -0.1) is 0 Å². The number of carbonyl (C=O) groups is 1. The van der Waals surface area contributed by atoms with Gasteiger partial charge in [0, 0.05) is 30.4 Å². The summed E-state index contributed by atoms with van der Waals surface area (Å²) in [6, 6.07) is 5.26. The number of nitrogens with zero attached hydrogens (tertiary/aromatic N) is 2. The summed E-state index contributed by atoms with van der Waals surface area (Å²) in [5.74, 6) is 0.256. The zero-order valence-electron chi connectivity index (χ0n) is 12.8. The van der Waals surface area contributed by atoms with Gasteiger partial charge in [0.2, 0.25) is 0 Å². The van der Waals surface area contributed by atoms with Gasteiger partial charge in [-0.25, -0.2) is 4.39 Å². The third kappa shape index (κ3) is 2.82. The lowest BCUT2D eigenvalue weighted by atomic mass is 9.84. The monoisotopic (exact) mass is 290 g/mol. The van der Waals surface area contributed by atoms with E-state index in [4.69, 9.17) is 0 Å². The summed E-state index contributed by atoms with van der Waals surface area (Å²) in [5.41, 5.74) is 1.41. The number of fused-ring (bicyclic) bond motifs is 1. The van der Waals surface area contributed by atoms with E-state index in [0.29, 0.717) is 17.5 Å². The van der Waals surface area contributed by atoms with Gasteiger partial charge in [0.15, 0.2) is 5.78 Å². The Morgan fingerprint density at radius 1 is 1.29 bits per heavy atom. The lowest BCUT2D eigenvalue weighted by Gasteiger charge is -2.47. The van der Waals surface area contributed by atoms with Crippen LogP contribution in [0.4, 0.5) is 10.1 Å². The summed E-state index contributed by atoms with van der Waals surface area (Å²) in [5, 5.41) is 0. The molecule has 1 aromatic carbocycles. The number of anilines is 1. The van der Waals surface area contributed by atoms with Gasteiger partial charge in [0.25, 0.3) is 0 Å². The van der Waals surface area contributed by atoms with Crippen molar-refractivity contribution >= 4 is 11.5 Å². The fourth-order valence-corrected chi connectivity index (χ4v) is 3.94. The van der Waals surface area contributed by atoms with Crippen molar-refractivity contribution in [3.8, 4) is 0 Å². The second-order valence-corrected chi connectivity index (χ2v) is 6.40. The first kappa shape index (κ1) is 14.5. The summed E-state index contributed by atoms with van der Waals surface area (Å²) in [6.07, 6.45) is 3.62. The molecule has 2 saturated heterocycles. The van der Waals surface area contributed by atoms with E-state index in [1.54, 1.807) is 6.07 Å². The first-order valence-corrected chi connectivity index (χ1v) is 7.82. The van der Waals surface area contributed by atoms with Crippen molar-refractivity contribution in [3.63, 3.8) is 0 Å². The van der Waals surface area contributed by atoms with Crippen molar-refractivity contribution in [2.45, 2.75) is 32.2 Å². The lowest BCUT2D eigenvalue weighted by Crippen LogP contribution is -2.53. The zero-order chi connectivity index (χ0) is 15.0. The molecular weight excluding hydrogens is 267 g/mol. The number of benzene rings is 1. The van der Waals surface area contributed by atoms with Crippen LogP contribution in [0.25, 0.3) is 0 Å². The minimum absolute atomic E-state index is 0.0626. The van der Waals surface area contributed by atoms with Crippen molar-refractivity contribution < 1.29 is 9.18 Å². The van der Waals surface area contributed by atoms with Crippen LogP contribution >= 0.6 is 0 Å². The maximum absolute atomic E-state index is 13.4. The number of ketones is 1. The Labute approximate surface area is 125 Å². The Kier molecular flexibility index (Phi) is 3.98. The number of carbonyl (C=O) groups excluding carboxylic acids is 1. The summed E-state index contributed by atoms with van der Waals surface area (Å²) in [6.45, 7) is 4.62. The standard InChI is InChI=1S/C17H23FN2O/c1-12(21)15-10-14(18)5-6-17(15)20-9-7-16-13(11-20)4-3-8-19(16)2/h5-6,10,13,16H,3-4,7-9,11H2,1-2H3. The second kappa shape index (κ2) is 5.76. The van der Waals surface area contributed by atoms with Crippen LogP contribution in [0.3, 0.4) is 0 Å². The number of piperidine rings is 2. The van der Waals surface area contributed by atoms with Crippen LogP contribution in [0.5, 0.6) is 0 Å². The molecule has 0 amide bonds. The molecule has 0 aliphatic carbocycles. The van der Waals surface area contributed by atoms with Gasteiger partial charge in [-0.1, -0.05) is 0 Å². The van der Waals surface area contributed by atoms with E-state index in [2.05, 4.69) is 16.8 Å². The number of likely N-dealkylation sites (tertiary alicyclic amines) is 1. The van der Waals surface area contributed by atoms with E-state index in [-0.39, 0.29) is 11.6 Å². The van der Waals surface area contributed by atoms with E-state index >= 15 is 0 Å². The van der Waals surface area contributed by atoms with Crippen LogP contribution < -0.4 is 4.90 Å². The van der Waals surface area contributed by atoms with Gasteiger partial charge in [-0.05, 0) is 63.9 Å². The fourth-order valence-electron chi connectivity index (χ4n) is 3.94. The maximum atomic E-state index is 13.4. The molecule has 3 nitrogen and oxygen atoms in total. The highest BCUT2D eigenvalue weighted by molar-refractivity contribution is 5.99. The summed E-state index contributed by atoms with van der Waals surface area (Å²) < 4.78 is 13.4. The van der Waals surface area contributed by atoms with Gasteiger partial charge in [-0.3, -0.25) is 4.79 Å². The molecule has 21 heavy (non-hydrogen) atoms. The predicted molar refractivity (Wildman–Crippen MR) is 82.4 cm³/mol. The highest BCUT2D eigenvalue weighted by atomic mass is 19.1. The second-order valence-electron chi connectivity index (χ2n) is 6.40. The van der Waals surface area contributed by atoms with Crippen LogP contribution in [0.1, 0.15) is 36.5 Å². The quantitative estimate of drug-likeness (QED) is 0.782. The molecule has 0 N–H and O–H groups in total. The summed E-state index contributed by atoms with van der Waals surface area (Å²) in [7, 11) is 2.21. The molecule has 2 heterocycles. The fraction of sp³-hybridized carbons (Fsp3) is 0.588.